The number of hydrogen-bond donors (Lipinski definition) is 1. The molecule has 1 atom stereocenters. The number of halogens is 1. The summed E-state index contributed by atoms with van der Waals surface area (Å²) in [6.07, 6.45) is 1.02. The third kappa shape index (κ3) is 4.65. The number of nitrogens with zero attached hydrogens (tertiary/aromatic N) is 3. The van der Waals surface area contributed by atoms with E-state index in [1.807, 2.05) is 54.6 Å². The molecule has 1 aliphatic heterocycles. The van der Waals surface area contributed by atoms with Gasteiger partial charge in [-0.15, -0.1) is 0 Å². The molecule has 0 amide bonds. The van der Waals surface area contributed by atoms with E-state index in [4.69, 9.17) is 33.3 Å². The summed E-state index contributed by atoms with van der Waals surface area (Å²) in [6.45, 7) is 7.30. The van der Waals surface area contributed by atoms with Crippen LogP contribution in [0.5, 0.6) is 0 Å². The van der Waals surface area contributed by atoms with Gasteiger partial charge >= 0.3 is 0 Å². The summed E-state index contributed by atoms with van der Waals surface area (Å²) in [7, 11) is 0. The summed E-state index contributed by atoms with van der Waals surface area (Å²) in [5, 5.41) is 9.07. The molecule has 31 heavy (non-hydrogen) atoms. The predicted octanol–water partition coefficient (Wildman–Crippen LogP) is 6.10. The van der Waals surface area contributed by atoms with Crippen molar-refractivity contribution in [3.05, 3.63) is 76.8 Å². The molecular formula is C24H25ClN4OS. The highest BCUT2D eigenvalue weighted by atomic mass is 35.5. The number of hydrogen-bond acceptors (Lipinski definition) is 4. The fourth-order valence-electron chi connectivity index (χ4n) is 3.69. The van der Waals surface area contributed by atoms with Crippen LogP contribution < -0.4 is 5.32 Å². The van der Waals surface area contributed by atoms with Crippen molar-refractivity contribution in [1.82, 2.24) is 20.4 Å². The quantitative estimate of drug-likeness (QED) is 0.456. The topological polar surface area (TPSA) is 54.2 Å². The smallest absolute Gasteiger partial charge is 0.258 e. The monoisotopic (exact) mass is 452 g/mol. The van der Waals surface area contributed by atoms with Crippen LogP contribution in [0, 0.1) is 5.92 Å². The first-order valence-corrected chi connectivity index (χ1v) is 11.2. The molecule has 1 N–H and O–H groups in total. The van der Waals surface area contributed by atoms with Crippen molar-refractivity contribution in [3.63, 3.8) is 0 Å². The molecule has 4 rings (SSSR count). The molecule has 0 radical (unpaired) electrons. The molecule has 3 aromatic rings. The number of benzene rings is 2. The molecule has 0 fully saturated rings. The van der Waals surface area contributed by atoms with Crippen molar-refractivity contribution >= 4 is 34.5 Å². The van der Waals surface area contributed by atoms with Crippen LogP contribution in [0.4, 0.5) is 0 Å². The summed E-state index contributed by atoms with van der Waals surface area (Å²) < 4.78 is 5.76. The zero-order chi connectivity index (χ0) is 22.0. The average Bonchev–Trinajstić information content (AvgIpc) is 3.23. The first-order chi connectivity index (χ1) is 14.9. The van der Waals surface area contributed by atoms with E-state index in [-0.39, 0.29) is 6.04 Å². The largest absolute Gasteiger partial charge is 0.351 e. The third-order valence-corrected chi connectivity index (χ3v) is 5.97. The highest BCUT2D eigenvalue weighted by Gasteiger charge is 2.34. The van der Waals surface area contributed by atoms with Crippen molar-refractivity contribution in [1.29, 1.82) is 0 Å². The number of nitrogens with one attached hydrogen (secondary N) is 1. The lowest BCUT2D eigenvalue weighted by molar-refractivity contribution is 0.390. The maximum Gasteiger partial charge on any atom is 0.258 e. The lowest BCUT2D eigenvalue weighted by Crippen LogP contribution is -2.46. The zero-order valence-corrected chi connectivity index (χ0v) is 19.4. The van der Waals surface area contributed by atoms with E-state index in [0.717, 1.165) is 35.4 Å². The second-order valence-corrected chi connectivity index (χ2v) is 8.88. The molecule has 0 spiro atoms. The van der Waals surface area contributed by atoms with Crippen LogP contribution in [0.2, 0.25) is 5.02 Å². The highest BCUT2D eigenvalue weighted by molar-refractivity contribution is 7.80. The predicted molar refractivity (Wildman–Crippen MR) is 128 cm³/mol. The van der Waals surface area contributed by atoms with Crippen LogP contribution >= 0.6 is 23.8 Å². The molecule has 2 aromatic carbocycles. The van der Waals surface area contributed by atoms with Gasteiger partial charge in [0.1, 0.15) is 0 Å². The van der Waals surface area contributed by atoms with Crippen LogP contribution in [0.25, 0.3) is 17.0 Å². The fraction of sp³-hybridized carbons (Fsp3) is 0.292. The summed E-state index contributed by atoms with van der Waals surface area (Å²) in [5.41, 5.74) is 3.82. The molecule has 0 saturated heterocycles. The second-order valence-electron chi connectivity index (χ2n) is 8.06. The first kappa shape index (κ1) is 21.5. The van der Waals surface area contributed by atoms with Gasteiger partial charge in [0.25, 0.3) is 5.89 Å². The maximum absolute atomic E-state index is 6.29. The normalized spacial score (nSPS) is 16.7. The molecule has 0 saturated carbocycles. The highest BCUT2D eigenvalue weighted by Crippen LogP contribution is 2.38. The van der Waals surface area contributed by atoms with Gasteiger partial charge in [0.2, 0.25) is 5.82 Å². The van der Waals surface area contributed by atoms with E-state index in [9.17, 15) is 0 Å². The van der Waals surface area contributed by atoms with Crippen LogP contribution in [0.1, 0.15) is 44.7 Å². The van der Waals surface area contributed by atoms with E-state index in [1.54, 1.807) is 0 Å². The van der Waals surface area contributed by atoms with Crippen molar-refractivity contribution in [2.24, 2.45) is 5.92 Å². The lowest BCUT2D eigenvalue weighted by atomic mass is 9.94. The van der Waals surface area contributed by atoms with E-state index in [2.05, 4.69) is 36.1 Å². The van der Waals surface area contributed by atoms with Gasteiger partial charge in [0.05, 0.1) is 11.6 Å². The van der Waals surface area contributed by atoms with Crippen LogP contribution in [-0.2, 0) is 0 Å². The van der Waals surface area contributed by atoms with Gasteiger partial charge in [0.15, 0.2) is 5.11 Å². The Kier molecular flexibility index (Phi) is 6.39. The summed E-state index contributed by atoms with van der Waals surface area (Å²) in [5.74, 6) is 1.60. The zero-order valence-electron chi connectivity index (χ0n) is 17.8. The van der Waals surface area contributed by atoms with Gasteiger partial charge in [0, 0.05) is 22.8 Å². The minimum absolute atomic E-state index is 0.231. The Bertz CT molecular complexity index is 1110. The Morgan fingerprint density at radius 2 is 1.94 bits per heavy atom. The Labute approximate surface area is 193 Å². The van der Waals surface area contributed by atoms with Gasteiger partial charge < -0.3 is 14.7 Å². The Morgan fingerprint density at radius 3 is 2.65 bits per heavy atom. The van der Waals surface area contributed by atoms with Gasteiger partial charge in [-0.3, -0.25) is 0 Å². The lowest BCUT2D eigenvalue weighted by Gasteiger charge is -2.37. The first-order valence-electron chi connectivity index (χ1n) is 10.4. The molecule has 2 heterocycles. The minimum Gasteiger partial charge on any atom is -0.351 e. The Balaban J connectivity index is 1.79. The van der Waals surface area contributed by atoms with E-state index < -0.39 is 0 Å². The van der Waals surface area contributed by atoms with Crippen molar-refractivity contribution in [2.75, 3.05) is 6.54 Å². The van der Waals surface area contributed by atoms with E-state index >= 15 is 0 Å². The summed E-state index contributed by atoms with van der Waals surface area (Å²) in [4.78, 5) is 6.85. The van der Waals surface area contributed by atoms with Crippen molar-refractivity contribution in [2.45, 2.75) is 33.2 Å². The van der Waals surface area contributed by atoms with Crippen LogP contribution in [0.3, 0.4) is 0 Å². The fourth-order valence-corrected chi connectivity index (χ4v) is 4.23. The molecule has 160 valence electrons. The van der Waals surface area contributed by atoms with Gasteiger partial charge in [-0.1, -0.05) is 73.1 Å². The molecular weight excluding hydrogens is 428 g/mol. The number of aromatic nitrogens is 2. The van der Waals surface area contributed by atoms with Gasteiger partial charge in [-0.2, -0.15) is 4.98 Å². The van der Waals surface area contributed by atoms with Crippen molar-refractivity contribution in [3.8, 4) is 11.4 Å². The van der Waals surface area contributed by atoms with Gasteiger partial charge in [-0.05, 0) is 49.2 Å². The molecule has 5 nitrogen and oxygen atoms in total. The average molecular weight is 453 g/mol. The SMILES string of the molecule is CC1=C(c2nc(-c3ccccc3)no2)C(c2cccc(Cl)c2)NC(=S)N1CCC(C)C. The van der Waals surface area contributed by atoms with Gasteiger partial charge in [-0.25, -0.2) is 0 Å². The standard InChI is InChI=1S/C24H25ClN4OS/c1-15(2)12-13-29-16(3)20(21(26-24(29)31)18-10-7-11-19(25)14-18)23-27-22(28-30-23)17-8-5-4-6-9-17/h4-11,14-15,21H,12-13H2,1-3H3,(H,26,31). The number of rotatable bonds is 6. The Morgan fingerprint density at radius 1 is 1.16 bits per heavy atom. The maximum atomic E-state index is 6.29. The number of allylic oxidation sites excluding steroid dienone is 1. The third-order valence-electron chi connectivity index (χ3n) is 5.40. The second kappa shape index (κ2) is 9.20. The van der Waals surface area contributed by atoms with E-state index in [0.29, 0.717) is 27.8 Å². The van der Waals surface area contributed by atoms with Crippen molar-refractivity contribution < 1.29 is 4.52 Å². The molecule has 1 aliphatic rings. The molecule has 0 aliphatic carbocycles. The minimum atomic E-state index is -0.231. The van der Waals surface area contributed by atoms with E-state index in [1.165, 1.54) is 0 Å². The summed E-state index contributed by atoms with van der Waals surface area (Å²) >= 11 is 12.0. The Hall–Kier alpha value is -2.70. The molecule has 7 heteroatoms. The summed E-state index contributed by atoms with van der Waals surface area (Å²) in [6, 6.07) is 17.3. The molecule has 1 aromatic heterocycles. The number of thiocarbonyl (C=S) groups is 1. The van der Waals surface area contributed by atoms with Crippen LogP contribution in [0.15, 0.2) is 64.8 Å². The van der Waals surface area contributed by atoms with Crippen LogP contribution in [-0.4, -0.2) is 26.7 Å². The molecule has 0 bridgehead atoms. The molecule has 1 unspecified atom stereocenters.